The maximum Gasteiger partial charge on any atom is 0.236 e. The van der Waals surface area contributed by atoms with Crippen molar-refractivity contribution in [1.29, 1.82) is 0 Å². The van der Waals surface area contributed by atoms with Crippen molar-refractivity contribution in [3.8, 4) is 0 Å². The number of nitrogens with one attached hydrogen (secondary N) is 1. The highest BCUT2D eigenvalue weighted by Crippen LogP contribution is 2.24. The molecule has 1 heterocycles. The van der Waals surface area contributed by atoms with Crippen molar-refractivity contribution in [2.24, 2.45) is 5.10 Å². The Hall–Kier alpha value is -1.30. The molecule has 1 aromatic carbocycles. The van der Waals surface area contributed by atoms with E-state index in [9.17, 15) is 4.79 Å². The van der Waals surface area contributed by atoms with E-state index in [0.717, 1.165) is 27.7 Å². The van der Waals surface area contributed by atoms with Crippen molar-refractivity contribution in [3.05, 3.63) is 56.7 Å². The third kappa shape index (κ3) is 4.87. The summed E-state index contributed by atoms with van der Waals surface area (Å²) in [5.41, 5.74) is 4.21. The summed E-state index contributed by atoms with van der Waals surface area (Å²) in [4.78, 5) is 13.5. The zero-order chi connectivity index (χ0) is 15.9. The van der Waals surface area contributed by atoms with Gasteiger partial charge in [-0.05, 0) is 30.0 Å². The highest BCUT2D eigenvalue weighted by molar-refractivity contribution is 7.98. The van der Waals surface area contributed by atoms with Crippen molar-refractivity contribution in [3.63, 3.8) is 0 Å². The van der Waals surface area contributed by atoms with E-state index < -0.39 is 0 Å². The lowest BCUT2D eigenvalue weighted by Crippen LogP contribution is -2.16. The third-order valence-corrected chi connectivity index (χ3v) is 5.24. The third-order valence-electron chi connectivity index (χ3n) is 2.79. The molecule has 0 bridgehead atoms. The fraction of sp³-hybridized carbons (Fsp3) is 0.250. The fourth-order valence-corrected chi connectivity index (χ4v) is 3.72. The summed E-state index contributed by atoms with van der Waals surface area (Å²) in [6.07, 6.45) is 0. The van der Waals surface area contributed by atoms with Crippen LogP contribution in [0.25, 0.3) is 0 Å². The minimum absolute atomic E-state index is 0.190. The van der Waals surface area contributed by atoms with Crippen LogP contribution in [0, 0.1) is 0 Å². The summed E-state index contributed by atoms with van der Waals surface area (Å²) < 4.78 is 0. The van der Waals surface area contributed by atoms with E-state index in [4.69, 9.17) is 11.6 Å². The van der Waals surface area contributed by atoms with Crippen LogP contribution in [-0.2, 0) is 10.5 Å². The highest BCUT2D eigenvalue weighted by Gasteiger charge is 2.11. The first-order valence-corrected chi connectivity index (χ1v) is 9.22. The predicted octanol–water partition coefficient (Wildman–Crippen LogP) is 4.54. The van der Waals surface area contributed by atoms with Gasteiger partial charge in [-0.3, -0.25) is 4.79 Å². The van der Waals surface area contributed by atoms with Gasteiger partial charge in [-0.15, -0.1) is 11.3 Å². The number of carbonyl (C=O) groups is 1. The molecule has 0 radical (unpaired) electrons. The number of hydrogen-bond donors (Lipinski definition) is 1. The van der Waals surface area contributed by atoms with E-state index in [1.807, 2.05) is 42.1 Å². The zero-order valence-electron chi connectivity index (χ0n) is 12.4. The molecule has 2 rings (SSSR count). The Balaban J connectivity index is 2.31. The molecule has 22 heavy (non-hydrogen) atoms. The van der Waals surface area contributed by atoms with E-state index in [1.165, 1.54) is 11.8 Å². The number of halogens is 1. The molecule has 116 valence electrons. The topological polar surface area (TPSA) is 41.5 Å². The number of thioether (sulfide) groups is 1. The molecule has 1 N–H and O–H groups in total. The van der Waals surface area contributed by atoms with Gasteiger partial charge in [0.2, 0.25) is 5.91 Å². The fourth-order valence-electron chi connectivity index (χ4n) is 1.79. The largest absolute Gasteiger partial charge is 0.274 e. The first-order valence-electron chi connectivity index (χ1n) is 6.87. The molecule has 1 aromatic heterocycles. The molecule has 0 aliphatic carbocycles. The van der Waals surface area contributed by atoms with Gasteiger partial charge in [0.15, 0.2) is 0 Å². The Morgan fingerprint density at radius 3 is 2.64 bits per heavy atom. The Morgan fingerprint density at radius 1 is 1.27 bits per heavy atom. The normalized spacial score (nSPS) is 11.5. The van der Waals surface area contributed by atoms with Crippen molar-refractivity contribution in [2.75, 3.05) is 5.75 Å². The average Bonchev–Trinajstić information content (AvgIpc) is 2.95. The van der Waals surface area contributed by atoms with E-state index in [0.29, 0.717) is 5.02 Å². The molecule has 1 amide bonds. The highest BCUT2D eigenvalue weighted by atomic mass is 35.5. The Bertz CT molecular complexity index is 665. The second-order valence-electron chi connectivity index (χ2n) is 4.54. The van der Waals surface area contributed by atoms with E-state index >= 15 is 0 Å². The van der Waals surface area contributed by atoms with Crippen molar-refractivity contribution in [2.45, 2.75) is 19.6 Å². The van der Waals surface area contributed by atoms with Crippen molar-refractivity contribution >= 4 is 46.3 Å². The van der Waals surface area contributed by atoms with Gasteiger partial charge in [-0.2, -0.15) is 16.9 Å². The SMILES string of the molecule is CCSCc1ccc(C(=NNC(C)=O)c2ccc(Cl)cc2)s1. The van der Waals surface area contributed by atoms with Crippen LogP contribution in [0.3, 0.4) is 0 Å². The lowest BCUT2D eigenvalue weighted by Gasteiger charge is -2.05. The van der Waals surface area contributed by atoms with E-state index in [-0.39, 0.29) is 5.91 Å². The quantitative estimate of drug-likeness (QED) is 0.612. The van der Waals surface area contributed by atoms with Crippen molar-refractivity contribution in [1.82, 2.24) is 5.43 Å². The van der Waals surface area contributed by atoms with Crippen LogP contribution in [0.1, 0.15) is 29.2 Å². The summed E-state index contributed by atoms with van der Waals surface area (Å²) >= 11 is 9.52. The number of benzene rings is 1. The molecule has 0 unspecified atom stereocenters. The number of nitrogens with zero attached hydrogens (tertiary/aromatic N) is 1. The minimum Gasteiger partial charge on any atom is -0.274 e. The van der Waals surface area contributed by atoms with Crippen LogP contribution in [0.5, 0.6) is 0 Å². The number of hydrogen-bond acceptors (Lipinski definition) is 4. The molecule has 0 saturated heterocycles. The monoisotopic (exact) mass is 352 g/mol. The first kappa shape index (κ1) is 17.1. The number of hydrazone groups is 1. The van der Waals surface area contributed by atoms with Gasteiger partial charge in [-0.1, -0.05) is 30.7 Å². The van der Waals surface area contributed by atoms with E-state index in [1.54, 1.807) is 11.3 Å². The predicted molar refractivity (Wildman–Crippen MR) is 97.1 cm³/mol. The molecule has 0 atom stereocenters. The van der Waals surface area contributed by atoms with Gasteiger partial charge in [-0.25, -0.2) is 5.43 Å². The molecule has 0 aliphatic rings. The summed E-state index contributed by atoms with van der Waals surface area (Å²) in [6.45, 7) is 3.59. The van der Waals surface area contributed by atoms with E-state index in [2.05, 4.69) is 23.5 Å². The standard InChI is InChI=1S/C16H17ClN2OS2/c1-3-21-10-14-8-9-15(22-14)16(19-18-11(2)20)12-4-6-13(17)7-5-12/h4-9H,3,10H2,1-2H3,(H,18,20). The lowest BCUT2D eigenvalue weighted by molar-refractivity contribution is -0.118. The molecule has 3 nitrogen and oxygen atoms in total. The first-order chi connectivity index (χ1) is 10.6. The number of carbonyl (C=O) groups excluding carboxylic acids is 1. The molecule has 0 saturated carbocycles. The van der Waals surface area contributed by atoms with Crippen LogP contribution in [-0.4, -0.2) is 17.4 Å². The average molecular weight is 353 g/mol. The van der Waals surface area contributed by atoms with Gasteiger partial charge in [0.1, 0.15) is 5.71 Å². The molecule has 0 aliphatic heterocycles. The number of amides is 1. The number of thiophene rings is 1. The van der Waals surface area contributed by atoms with Crippen LogP contribution in [0.2, 0.25) is 5.02 Å². The summed E-state index contributed by atoms with van der Waals surface area (Å²) in [5.74, 6) is 1.90. The maximum atomic E-state index is 11.2. The molecular weight excluding hydrogens is 336 g/mol. The van der Waals surface area contributed by atoms with Crippen LogP contribution in [0.4, 0.5) is 0 Å². The Labute approximate surface area is 143 Å². The molecule has 6 heteroatoms. The maximum absolute atomic E-state index is 11.2. The Morgan fingerprint density at radius 2 is 2.00 bits per heavy atom. The van der Waals surface area contributed by atoms with Crippen LogP contribution in [0.15, 0.2) is 41.5 Å². The van der Waals surface area contributed by atoms with Crippen LogP contribution >= 0.6 is 34.7 Å². The molecule has 0 fully saturated rings. The summed E-state index contributed by atoms with van der Waals surface area (Å²) in [6, 6.07) is 11.6. The summed E-state index contributed by atoms with van der Waals surface area (Å²) in [5, 5.41) is 4.94. The smallest absolute Gasteiger partial charge is 0.236 e. The second kappa shape index (κ2) is 8.36. The molecular formula is C16H17ClN2OS2. The molecule has 0 spiro atoms. The Kier molecular flexibility index (Phi) is 6.49. The minimum atomic E-state index is -0.190. The van der Waals surface area contributed by atoms with Gasteiger partial charge in [0.05, 0.1) is 4.88 Å². The lowest BCUT2D eigenvalue weighted by atomic mass is 10.1. The van der Waals surface area contributed by atoms with Gasteiger partial charge >= 0.3 is 0 Å². The second-order valence-corrected chi connectivity index (χ2v) is 7.42. The van der Waals surface area contributed by atoms with Gasteiger partial charge in [0, 0.05) is 28.1 Å². The van der Waals surface area contributed by atoms with Crippen LogP contribution < -0.4 is 5.43 Å². The van der Waals surface area contributed by atoms with Gasteiger partial charge in [0.25, 0.3) is 0 Å². The summed E-state index contributed by atoms with van der Waals surface area (Å²) in [7, 11) is 0. The number of rotatable bonds is 6. The zero-order valence-corrected chi connectivity index (χ0v) is 14.8. The molecule has 2 aromatic rings. The van der Waals surface area contributed by atoms with Gasteiger partial charge < -0.3 is 0 Å². The van der Waals surface area contributed by atoms with Crippen molar-refractivity contribution < 1.29 is 4.79 Å².